The third-order valence-electron chi connectivity index (χ3n) is 5.81. The Labute approximate surface area is 264 Å². The fourth-order valence-corrected chi connectivity index (χ4v) is 6.49. The number of aromatic nitrogens is 1. The number of carbonyl (C=O) groups excluding carboxylic acids is 2. The van der Waals surface area contributed by atoms with Gasteiger partial charge in [-0.25, -0.2) is 10.2 Å². The van der Waals surface area contributed by atoms with Crippen molar-refractivity contribution < 1.29 is 14.3 Å². The number of H-pyrrole nitrogens is 1. The Morgan fingerprint density at radius 3 is 2.33 bits per heavy atom. The van der Waals surface area contributed by atoms with Gasteiger partial charge < -0.3 is 9.72 Å². The van der Waals surface area contributed by atoms with Gasteiger partial charge >= 0.3 is 5.97 Å². The van der Waals surface area contributed by atoms with E-state index in [-0.39, 0.29) is 11.4 Å². The van der Waals surface area contributed by atoms with Gasteiger partial charge in [0, 0.05) is 36.0 Å². The Morgan fingerprint density at radius 1 is 0.875 bits per heavy atom. The van der Waals surface area contributed by atoms with E-state index in [2.05, 4.69) is 63.3 Å². The third kappa shape index (κ3) is 6.04. The number of hydrogen-bond acceptors (Lipinski definition) is 4. The molecule has 1 aromatic heterocycles. The molecule has 0 spiro atoms. The smallest absolute Gasteiger partial charge is 0.343 e. The fourth-order valence-electron chi connectivity index (χ4n) is 4.06. The van der Waals surface area contributed by atoms with Crippen molar-refractivity contribution in [3.63, 3.8) is 0 Å². The number of amides is 1. The molecule has 6 nitrogen and oxygen atoms in total. The van der Waals surface area contributed by atoms with Crippen molar-refractivity contribution in [1.82, 2.24) is 10.4 Å². The maximum Gasteiger partial charge on any atom is 0.343 e. The molecule has 200 valence electrons. The molecule has 5 aromatic rings. The van der Waals surface area contributed by atoms with E-state index in [1.165, 1.54) is 6.21 Å². The van der Waals surface area contributed by atoms with E-state index in [9.17, 15) is 9.59 Å². The molecule has 11 heteroatoms. The lowest BCUT2D eigenvalue weighted by molar-refractivity contribution is 0.0733. The van der Waals surface area contributed by atoms with Crippen molar-refractivity contribution in [2.45, 2.75) is 0 Å². The lowest BCUT2D eigenvalue weighted by atomic mass is 10.0. The number of ether oxygens (including phenoxy) is 1. The number of carbonyl (C=O) groups is 2. The lowest BCUT2D eigenvalue weighted by Gasteiger charge is -2.10. The molecule has 0 fully saturated rings. The molecule has 5 rings (SSSR count). The van der Waals surface area contributed by atoms with Crippen LogP contribution >= 0.6 is 71.0 Å². The first-order valence-corrected chi connectivity index (χ1v) is 14.7. The van der Waals surface area contributed by atoms with Crippen LogP contribution in [0.1, 0.15) is 26.4 Å². The van der Waals surface area contributed by atoms with E-state index in [0.717, 1.165) is 4.47 Å². The van der Waals surface area contributed by atoms with Crippen LogP contribution in [0.3, 0.4) is 0 Å². The third-order valence-corrected chi connectivity index (χ3v) is 7.94. The van der Waals surface area contributed by atoms with Crippen LogP contribution in [0.15, 0.2) is 97.4 Å². The van der Waals surface area contributed by atoms with Crippen LogP contribution in [0, 0.1) is 0 Å². The second-order valence-electron chi connectivity index (χ2n) is 8.43. The van der Waals surface area contributed by atoms with Gasteiger partial charge in [0.1, 0.15) is 5.69 Å². The standard InChI is InChI=1S/C29H16Br3Cl2N3O3/c30-17-10-16(27(21(32)12-17)40-29(39)15-6-2-1-3-7-15)14-35-37-28(38)26-24(19-8-4-5-9-22(19)33)20-11-18(31)13-23(34)25(20)36-26/h1-14,36H,(H,37,38). The number of nitrogens with zero attached hydrogens (tertiary/aromatic N) is 1. The molecular formula is C29H16Br3Cl2N3O3. The lowest BCUT2D eigenvalue weighted by Crippen LogP contribution is -2.19. The van der Waals surface area contributed by atoms with Crippen molar-refractivity contribution in [2.75, 3.05) is 0 Å². The first kappa shape index (κ1) is 28.6. The van der Waals surface area contributed by atoms with Gasteiger partial charge in [-0.05, 0) is 58.4 Å². The zero-order valence-corrected chi connectivity index (χ0v) is 26.4. The molecule has 0 aliphatic heterocycles. The van der Waals surface area contributed by atoms with Gasteiger partial charge in [-0.3, -0.25) is 4.79 Å². The van der Waals surface area contributed by atoms with Gasteiger partial charge in [0.2, 0.25) is 0 Å². The summed E-state index contributed by atoms with van der Waals surface area (Å²) in [6, 6.07) is 22.9. The van der Waals surface area contributed by atoms with Crippen molar-refractivity contribution in [1.29, 1.82) is 0 Å². The number of rotatable bonds is 6. The minimum Gasteiger partial charge on any atom is -0.421 e. The number of halogens is 5. The highest BCUT2D eigenvalue weighted by molar-refractivity contribution is 9.11. The summed E-state index contributed by atoms with van der Waals surface area (Å²) in [6.45, 7) is 0. The van der Waals surface area contributed by atoms with Gasteiger partial charge in [-0.1, -0.05) is 91.5 Å². The van der Waals surface area contributed by atoms with Crippen LogP contribution in [0.5, 0.6) is 5.75 Å². The molecule has 40 heavy (non-hydrogen) atoms. The Balaban J connectivity index is 1.48. The molecule has 0 bridgehead atoms. The van der Waals surface area contributed by atoms with Crippen molar-refractivity contribution in [2.24, 2.45) is 5.10 Å². The summed E-state index contributed by atoms with van der Waals surface area (Å²) >= 11 is 23.4. The number of nitrogens with one attached hydrogen (secondary N) is 2. The topological polar surface area (TPSA) is 83.5 Å². The van der Waals surface area contributed by atoms with Crippen LogP contribution in [0.2, 0.25) is 10.0 Å². The zero-order chi connectivity index (χ0) is 28.4. The molecule has 0 radical (unpaired) electrons. The number of hydrazone groups is 1. The van der Waals surface area contributed by atoms with Crippen LogP contribution < -0.4 is 10.2 Å². The van der Waals surface area contributed by atoms with Crippen LogP contribution in [0.4, 0.5) is 0 Å². The summed E-state index contributed by atoms with van der Waals surface area (Å²) in [6.07, 6.45) is 1.39. The molecule has 1 heterocycles. The molecule has 0 unspecified atom stereocenters. The zero-order valence-electron chi connectivity index (χ0n) is 20.1. The summed E-state index contributed by atoms with van der Waals surface area (Å²) in [7, 11) is 0. The molecule has 0 aliphatic carbocycles. The predicted molar refractivity (Wildman–Crippen MR) is 170 cm³/mol. The van der Waals surface area contributed by atoms with Crippen LogP contribution in [-0.2, 0) is 0 Å². The summed E-state index contributed by atoms with van der Waals surface area (Å²) in [5.74, 6) is -0.812. The van der Waals surface area contributed by atoms with Gasteiger partial charge in [0.15, 0.2) is 5.75 Å². The number of benzene rings is 4. The Hall–Kier alpha value is -2.95. The largest absolute Gasteiger partial charge is 0.421 e. The van der Waals surface area contributed by atoms with E-state index in [0.29, 0.717) is 52.1 Å². The highest BCUT2D eigenvalue weighted by Gasteiger charge is 2.23. The molecule has 0 saturated carbocycles. The maximum absolute atomic E-state index is 13.4. The second kappa shape index (κ2) is 12.3. The molecule has 0 aliphatic rings. The van der Waals surface area contributed by atoms with Crippen molar-refractivity contribution >= 4 is 100.0 Å². The van der Waals surface area contributed by atoms with Gasteiger partial charge in [-0.15, -0.1) is 0 Å². The molecule has 0 atom stereocenters. The highest BCUT2D eigenvalue weighted by atomic mass is 79.9. The van der Waals surface area contributed by atoms with E-state index >= 15 is 0 Å². The first-order valence-electron chi connectivity index (χ1n) is 11.6. The van der Waals surface area contributed by atoms with Gasteiger partial charge in [0.25, 0.3) is 5.91 Å². The fraction of sp³-hybridized carbons (Fsp3) is 0. The number of aromatic amines is 1. The maximum atomic E-state index is 13.4. The van der Waals surface area contributed by atoms with Gasteiger partial charge in [-0.2, -0.15) is 5.10 Å². The SMILES string of the molecule is O=C(Oc1c(Br)cc(Br)cc1C=NNC(=O)c1[nH]c2c(Cl)cc(Br)cc2c1-c1ccccc1Cl)c1ccccc1. The summed E-state index contributed by atoms with van der Waals surface area (Å²) < 4.78 is 7.65. The van der Waals surface area contributed by atoms with E-state index < -0.39 is 11.9 Å². The summed E-state index contributed by atoms with van der Waals surface area (Å²) in [5, 5.41) is 5.78. The van der Waals surface area contributed by atoms with Crippen molar-refractivity contribution in [3.05, 3.63) is 119 Å². The van der Waals surface area contributed by atoms with Crippen LogP contribution in [-0.4, -0.2) is 23.1 Å². The molecule has 2 N–H and O–H groups in total. The second-order valence-corrected chi connectivity index (χ2v) is 11.9. The normalized spacial score (nSPS) is 11.2. The Bertz CT molecular complexity index is 1810. The average molecular weight is 765 g/mol. The molecule has 0 saturated heterocycles. The van der Waals surface area contributed by atoms with Crippen LogP contribution in [0.25, 0.3) is 22.0 Å². The Morgan fingerprint density at radius 2 is 1.57 bits per heavy atom. The minimum absolute atomic E-state index is 0.228. The number of hydrogen-bond donors (Lipinski definition) is 2. The highest BCUT2D eigenvalue weighted by Crippen LogP contribution is 2.40. The predicted octanol–water partition coefficient (Wildman–Crippen LogP) is 9.41. The van der Waals surface area contributed by atoms with Gasteiger partial charge in [0.05, 0.1) is 26.8 Å². The van der Waals surface area contributed by atoms with Crippen molar-refractivity contribution in [3.8, 4) is 16.9 Å². The van der Waals surface area contributed by atoms with E-state index in [1.54, 1.807) is 48.5 Å². The molecule has 1 amide bonds. The first-order chi connectivity index (χ1) is 19.2. The number of fused-ring (bicyclic) bond motifs is 1. The molecule has 4 aromatic carbocycles. The minimum atomic E-state index is -0.534. The summed E-state index contributed by atoms with van der Waals surface area (Å²) in [4.78, 5) is 29.3. The Kier molecular flexibility index (Phi) is 8.77. The summed E-state index contributed by atoms with van der Waals surface area (Å²) in [5.41, 5.74) is 5.44. The average Bonchev–Trinajstić information content (AvgIpc) is 3.30. The quantitative estimate of drug-likeness (QED) is 0.0783. The van der Waals surface area contributed by atoms with E-state index in [4.69, 9.17) is 27.9 Å². The molecular weight excluding hydrogens is 749 g/mol. The number of esters is 1. The monoisotopic (exact) mass is 761 g/mol. The van der Waals surface area contributed by atoms with E-state index in [1.807, 2.05) is 30.3 Å².